The van der Waals surface area contributed by atoms with Crippen molar-refractivity contribution in [2.75, 3.05) is 17.7 Å². The zero-order chi connectivity index (χ0) is 22.5. The van der Waals surface area contributed by atoms with Crippen LogP contribution in [0.4, 0.5) is 5.69 Å². The molecule has 2 N–H and O–H groups in total. The summed E-state index contributed by atoms with van der Waals surface area (Å²) in [6.07, 6.45) is 0. The van der Waals surface area contributed by atoms with Gasteiger partial charge in [0.15, 0.2) is 11.0 Å². The number of para-hydroxylation sites is 1. The van der Waals surface area contributed by atoms with Gasteiger partial charge in [-0.15, -0.1) is 10.2 Å². The first-order chi connectivity index (χ1) is 15.5. The van der Waals surface area contributed by atoms with Crippen molar-refractivity contribution in [2.45, 2.75) is 5.16 Å². The number of hydrogen-bond acceptors (Lipinski definition) is 5. The van der Waals surface area contributed by atoms with Crippen molar-refractivity contribution in [3.05, 3.63) is 90.5 Å². The Hall–Kier alpha value is -3.91. The minimum atomic E-state index is -0.504. The Morgan fingerprint density at radius 1 is 0.906 bits per heavy atom. The van der Waals surface area contributed by atoms with E-state index < -0.39 is 5.91 Å². The van der Waals surface area contributed by atoms with Crippen LogP contribution in [0.3, 0.4) is 0 Å². The van der Waals surface area contributed by atoms with Crippen molar-refractivity contribution in [3.8, 4) is 17.1 Å². The van der Waals surface area contributed by atoms with Crippen LogP contribution in [0.15, 0.2) is 90.1 Å². The van der Waals surface area contributed by atoms with E-state index in [1.165, 1.54) is 11.8 Å². The van der Waals surface area contributed by atoms with Crippen molar-refractivity contribution in [2.24, 2.45) is 5.73 Å². The Kier molecular flexibility index (Phi) is 6.32. The highest BCUT2D eigenvalue weighted by atomic mass is 32.2. The number of rotatable bonds is 7. The fraction of sp³-hybridized carbons (Fsp3) is 0.0833. The van der Waals surface area contributed by atoms with Crippen molar-refractivity contribution < 1.29 is 9.59 Å². The number of aromatic nitrogens is 3. The summed E-state index contributed by atoms with van der Waals surface area (Å²) in [5, 5.41) is 9.38. The van der Waals surface area contributed by atoms with E-state index in [2.05, 4.69) is 10.2 Å². The summed E-state index contributed by atoms with van der Waals surface area (Å²) in [5.41, 5.74) is 8.21. The van der Waals surface area contributed by atoms with Gasteiger partial charge in [-0.1, -0.05) is 60.3 Å². The maximum atomic E-state index is 12.8. The van der Waals surface area contributed by atoms with Crippen LogP contribution in [-0.4, -0.2) is 39.4 Å². The summed E-state index contributed by atoms with van der Waals surface area (Å²) in [6, 6.07) is 26.2. The van der Waals surface area contributed by atoms with Crippen molar-refractivity contribution in [1.29, 1.82) is 0 Å². The number of carbonyl (C=O) groups is 2. The molecule has 0 fully saturated rings. The van der Waals surface area contributed by atoms with Crippen molar-refractivity contribution in [3.63, 3.8) is 0 Å². The molecule has 3 aromatic carbocycles. The normalized spacial score (nSPS) is 10.7. The molecule has 8 heteroatoms. The molecule has 0 saturated carbocycles. The smallest absolute Gasteiger partial charge is 0.248 e. The first-order valence-electron chi connectivity index (χ1n) is 9.90. The molecule has 4 rings (SSSR count). The van der Waals surface area contributed by atoms with E-state index in [0.717, 1.165) is 11.3 Å². The van der Waals surface area contributed by atoms with Gasteiger partial charge in [-0.3, -0.25) is 14.2 Å². The monoisotopic (exact) mass is 443 g/mol. The number of benzene rings is 3. The van der Waals surface area contributed by atoms with Crippen LogP contribution >= 0.6 is 11.8 Å². The number of nitrogens with two attached hydrogens (primary N) is 1. The number of nitrogens with zero attached hydrogens (tertiary/aromatic N) is 4. The lowest BCUT2D eigenvalue weighted by molar-refractivity contribution is -0.115. The fourth-order valence-corrected chi connectivity index (χ4v) is 4.03. The highest BCUT2D eigenvalue weighted by Crippen LogP contribution is 2.28. The Morgan fingerprint density at radius 3 is 2.16 bits per heavy atom. The molecule has 1 aromatic heterocycles. The molecule has 0 saturated heterocycles. The average molecular weight is 444 g/mol. The van der Waals surface area contributed by atoms with Crippen LogP contribution in [0.25, 0.3) is 17.1 Å². The second-order valence-corrected chi connectivity index (χ2v) is 7.94. The minimum absolute atomic E-state index is 0.106. The van der Waals surface area contributed by atoms with E-state index in [0.29, 0.717) is 22.2 Å². The van der Waals surface area contributed by atoms with Gasteiger partial charge in [-0.2, -0.15) is 0 Å². The molecule has 0 aliphatic rings. The van der Waals surface area contributed by atoms with Gasteiger partial charge in [0.05, 0.1) is 5.75 Å². The maximum absolute atomic E-state index is 12.8. The topological polar surface area (TPSA) is 94.1 Å². The zero-order valence-corrected chi connectivity index (χ0v) is 18.2. The zero-order valence-electron chi connectivity index (χ0n) is 17.4. The van der Waals surface area contributed by atoms with E-state index >= 15 is 0 Å². The van der Waals surface area contributed by atoms with Gasteiger partial charge in [-0.05, 0) is 36.4 Å². The first-order valence-corrected chi connectivity index (χ1v) is 10.9. The molecule has 2 amide bonds. The number of primary amides is 1. The molecule has 0 aliphatic carbocycles. The lowest BCUT2D eigenvalue weighted by atomic mass is 10.2. The van der Waals surface area contributed by atoms with Crippen LogP contribution in [-0.2, 0) is 4.79 Å². The largest absolute Gasteiger partial charge is 0.366 e. The highest BCUT2D eigenvalue weighted by Gasteiger charge is 2.19. The molecule has 1 heterocycles. The molecule has 0 radical (unpaired) electrons. The summed E-state index contributed by atoms with van der Waals surface area (Å²) < 4.78 is 1.95. The molecule has 32 heavy (non-hydrogen) atoms. The van der Waals surface area contributed by atoms with Gasteiger partial charge < -0.3 is 10.6 Å². The molecular formula is C24H21N5O2S. The molecule has 7 nitrogen and oxygen atoms in total. The third-order valence-corrected chi connectivity index (χ3v) is 5.83. The summed E-state index contributed by atoms with van der Waals surface area (Å²) in [5.74, 6) is 0.275. The van der Waals surface area contributed by atoms with E-state index in [4.69, 9.17) is 5.73 Å². The summed E-state index contributed by atoms with van der Waals surface area (Å²) in [4.78, 5) is 25.6. The lowest BCUT2D eigenvalue weighted by Gasteiger charge is -2.17. The second kappa shape index (κ2) is 9.49. The van der Waals surface area contributed by atoms with Crippen LogP contribution in [0.5, 0.6) is 0 Å². The summed E-state index contributed by atoms with van der Waals surface area (Å²) >= 11 is 1.32. The fourth-order valence-electron chi connectivity index (χ4n) is 3.16. The minimum Gasteiger partial charge on any atom is -0.366 e. The number of carbonyl (C=O) groups excluding carboxylic acids is 2. The molecule has 160 valence electrons. The van der Waals surface area contributed by atoms with Crippen molar-refractivity contribution >= 4 is 29.3 Å². The molecule has 0 bridgehead atoms. The van der Waals surface area contributed by atoms with E-state index in [1.54, 1.807) is 36.2 Å². The number of amides is 2. The predicted octanol–water partition coefficient (Wildman–Crippen LogP) is 3.79. The van der Waals surface area contributed by atoms with Crippen LogP contribution in [0, 0.1) is 0 Å². The van der Waals surface area contributed by atoms with E-state index in [-0.39, 0.29) is 11.7 Å². The third-order valence-electron chi connectivity index (χ3n) is 4.92. The molecule has 0 unspecified atom stereocenters. The molecule has 0 atom stereocenters. The van der Waals surface area contributed by atoms with Gasteiger partial charge >= 0.3 is 0 Å². The number of thioether (sulfide) groups is 1. The van der Waals surface area contributed by atoms with E-state index in [1.807, 2.05) is 65.2 Å². The van der Waals surface area contributed by atoms with Gasteiger partial charge in [0, 0.05) is 29.5 Å². The summed E-state index contributed by atoms with van der Waals surface area (Å²) in [7, 11) is 1.69. The van der Waals surface area contributed by atoms with Crippen LogP contribution in [0.2, 0.25) is 0 Å². The Bertz CT molecular complexity index is 1220. The average Bonchev–Trinajstić information content (AvgIpc) is 3.27. The van der Waals surface area contributed by atoms with Gasteiger partial charge in [0.1, 0.15) is 0 Å². The highest BCUT2D eigenvalue weighted by molar-refractivity contribution is 7.99. The third kappa shape index (κ3) is 4.55. The number of anilines is 1. The SMILES string of the molecule is CN(C(=O)CSc1nnc(-c2ccccc2)n1-c1ccccc1)c1ccc(C(N)=O)cc1. The molecule has 0 spiro atoms. The van der Waals surface area contributed by atoms with Gasteiger partial charge in [0.2, 0.25) is 11.8 Å². The van der Waals surface area contributed by atoms with Gasteiger partial charge in [0.25, 0.3) is 0 Å². The standard InChI is InChI=1S/C24H21N5O2S/c1-28(19-14-12-17(13-15-19)22(25)31)21(30)16-32-24-27-26-23(18-8-4-2-5-9-18)29(24)20-10-6-3-7-11-20/h2-15H,16H2,1H3,(H2,25,31). The maximum Gasteiger partial charge on any atom is 0.248 e. The second-order valence-electron chi connectivity index (χ2n) is 7.00. The Labute approximate surface area is 189 Å². The molecular weight excluding hydrogens is 422 g/mol. The Balaban J connectivity index is 1.56. The van der Waals surface area contributed by atoms with Crippen LogP contribution < -0.4 is 10.6 Å². The molecule has 4 aromatic rings. The van der Waals surface area contributed by atoms with Crippen molar-refractivity contribution in [1.82, 2.24) is 14.8 Å². The quantitative estimate of drug-likeness (QED) is 0.439. The molecule has 0 aliphatic heterocycles. The first kappa shape index (κ1) is 21.3. The summed E-state index contributed by atoms with van der Waals surface area (Å²) in [6.45, 7) is 0. The van der Waals surface area contributed by atoms with Gasteiger partial charge in [-0.25, -0.2) is 0 Å². The van der Waals surface area contributed by atoms with E-state index in [9.17, 15) is 9.59 Å². The lowest BCUT2D eigenvalue weighted by Crippen LogP contribution is -2.28. The Morgan fingerprint density at radius 2 is 1.53 bits per heavy atom. The van der Waals surface area contributed by atoms with Crippen LogP contribution in [0.1, 0.15) is 10.4 Å². The number of hydrogen-bond donors (Lipinski definition) is 1. The predicted molar refractivity (Wildman–Crippen MR) is 126 cm³/mol.